The molecule has 0 aromatic heterocycles. The number of benzene rings is 1. The van der Waals surface area contributed by atoms with Crippen LogP contribution in [0.2, 0.25) is 0 Å². The molecule has 6 nitrogen and oxygen atoms in total. The van der Waals surface area contributed by atoms with Crippen molar-refractivity contribution in [3.05, 3.63) is 24.3 Å². The summed E-state index contributed by atoms with van der Waals surface area (Å²) < 4.78 is 5.47. The summed E-state index contributed by atoms with van der Waals surface area (Å²) in [5, 5.41) is 3.03. The minimum atomic E-state index is -0.183. The third-order valence-electron chi connectivity index (χ3n) is 7.98. The molecule has 6 heteroatoms. The number of para-hydroxylation sites is 2. The van der Waals surface area contributed by atoms with Crippen LogP contribution in [-0.4, -0.2) is 56.5 Å². The Morgan fingerprint density at radius 1 is 1.00 bits per heavy atom. The maximum atomic E-state index is 13.1. The molecule has 5 fully saturated rings. The van der Waals surface area contributed by atoms with Gasteiger partial charge in [0.05, 0.1) is 19.3 Å². The molecule has 0 spiro atoms. The maximum Gasteiger partial charge on any atom is 0.242 e. The minimum absolute atomic E-state index is 0.0350. The fraction of sp³-hybridized carbons (Fsp3) is 0.667. The van der Waals surface area contributed by atoms with E-state index < -0.39 is 0 Å². The van der Waals surface area contributed by atoms with E-state index in [2.05, 4.69) is 16.3 Å². The molecule has 4 bridgehead atoms. The van der Waals surface area contributed by atoms with Crippen molar-refractivity contribution in [1.29, 1.82) is 0 Å². The standard InChI is InChI=1S/C24H33N3O3/c1-30-21-5-3-2-4-20(21)26-6-8-27(9-7-26)22(28)16-25-23(29)24-13-17-10-18(14-24)12-19(11-17)15-24/h2-5,17-19H,6-16H2,1H3,(H,25,29). The van der Waals surface area contributed by atoms with Crippen molar-refractivity contribution in [1.82, 2.24) is 10.2 Å². The number of amides is 2. The van der Waals surface area contributed by atoms with Crippen molar-refractivity contribution in [2.75, 3.05) is 44.7 Å². The Morgan fingerprint density at radius 3 is 2.20 bits per heavy atom. The topological polar surface area (TPSA) is 61.9 Å². The molecule has 162 valence electrons. The molecule has 30 heavy (non-hydrogen) atoms. The molecule has 4 aliphatic carbocycles. The van der Waals surface area contributed by atoms with E-state index in [9.17, 15) is 9.59 Å². The summed E-state index contributed by atoms with van der Waals surface area (Å²) in [6, 6.07) is 8.00. The molecular formula is C24H33N3O3. The van der Waals surface area contributed by atoms with Gasteiger partial charge in [-0.25, -0.2) is 0 Å². The molecule has 0 atom stereocenters. The fourth-order valence-electron chi connectivity index (χ4n) is 6.93. The lowest BCUT2D eigenvalue weighted by Gasteiger charge is -2.55. The van der Waals surface area contributed by atoms with Crippen LogP contribution >= 0.6 is 0 Å². The number of ether oxygens (including phenoxy) is 1. The number of methoxy groups -OCH3 is 1. The largest absolute Gasteiger partial charge is 0.495 e. The van der Waals surface area contributed by atoms with Crippen LogP contribution in [0.25, 0.3) is 0 Å². The quantitative estimate of drug-likeness (QED) is 0.809. The summed E-state index contributed by atoms with van der Waals surface area (Å²) in [5.41, 5.74) is 0.889. The number of nitrogens with zero attached hydrogens (tertiary/aromatic N) is 2. The predicted molar refractivity (Wildman–Crippen MR) is 115 cm³/mol. The van der Waals surface area contributed by atoms with Gasteiger partial charge in [0.25, 0.3) is 0 Å². The lowest BCUT2D eigenvalue weighted by atomic mass is 9.49. The van der Waals surface area contributed by atoms with Crippen molar-refractivity contribution >= 4 is 17.5 Å². The van der Waals surface area contributed by atoms with Gasteiger partial charge >= 0.3 is 0 Å². The van der Waals surface area contributed by atoms with Crippen LogP contribution in [0, 0.1) is 23.2 Å². The van der Waals surface area contributed by atoms with Crippen molar-refractivity contribution in [3.63, 3.8) is 0 Å². The summed E-state index contributed by atoms with van der Waals surface area (Å²) in [6.45, 7) is 3.02. The van der Waals surface area contributed by atoms with Gasteiger partial charge in [-0.2, -0.15) is 0 Å². The van der Waals surface area contributed by atoms with Gasteiger partial charge in [0.2, 0.25) is 11.8 Å². The lowest BCUT2D eigenvalue weighted by molar-refractivity contribution is -0.148. The van der Waals surface area contributed by atoms with E-state index in [1.54, 1.807) is 7.11 Å². The molecule has 1 N–H and O–H groups in total. The van der Waals surface area contributed by atoms with Gasteiger partial charge in [-0.1, -0.05) is 12.1 Å². The molecule has 4 saturated carbocycles. The van der Waals surface area contributed by atoms with Crippen molar-refractivity contribution in [2.45, 2.75) is 38.5 Å². The first-order valence-corrected chi connectivity index (χ1v) is 11.5. The number of nitrogens with one attached hydrogen (secondary N) is 1. The molecule has 5 aliphatic rings. The van der Waals surface area contributed by atoms with Gasteiger partial charge in [0.1, 0.15) is 5.75 Å². The molecule has 1 heterocycles. The van der Waals surface area contributed by atoms with E-state index >= 15 is 0 Å². The first kappa shape index (κ1) is 19.7. The predicted octanol–water partition coefficient (Wildman–Crippen LogP) is 2.68. The number of rotatable bonds is 5. The second kappa shape index (κ2) is 7.78. The van der Waals surface area contributed by atoms with E-state index in [-0.39, 0.29) is 23.8 Å². The minimum Gasteiger partial charge on any atom is -0.495 e. The first-order chi connectivity index (χ1) is 14.6. The molecular weight excluding hydrogens is 378 g/mol. The number of piperazine rings is 1. The van der Waals surface area contributed by atoms with E-state index in [1.165, 1.54) is 19.3 Å². The van der Waals surface area contributed by atoms with Gasteiger partial charge in [0, 0.05) is 31.6 Å². The summed E-state index contributed by atoms with van der Waals surface area (Å²) in [7, 11) is 1.69. The Kier molecular flexibility index (Phi) is 5.11. The van der Waals surface area contributed by atoms with Gasteiger partial charge in [-0.3, -0.25) is 9.59 Å². The van der Waals surface area contributed by atoms with E-state index in [4.69, 9.17) is 4.74 Å². The molecule has 1 aromatic rings. The van der Waals surface area contributed by atoms with Crippen LogP contribution in [0.3, 0.4) is 0 Å². The highest BCUT2D eigenvalue weighted by Gasteiger charge is 2.54. The van der Waals surface area contributed by atoms with Crippen molar-refractivity contribution in [3.8, 4) is 5.75 Å². The van der Waals surface area contributed by atoms with Gasteiger partial charge < -0.3 is 19.9 Å². The van der Waals surface area contributed by atoms with Crippen LogP contribution in [0.5, 0.6) is 5.75 Å². The van der Waals surface area contributed by atoms with Gasteiger partial charge in [0.15, 0.2) is 0 Å². The zero-order valence-corrected chi connectivity index (χ0v) is 17.9. The molecule has 0 unspecified atom stereocenters. The molecule has 6 rings (SSSR count). The number of anilines is 1. The smallest absolute Gasteiger partial charge is 0.242 e. The Hall–Kier alpha value is -2.24. The summed E-state index contributed by atoms with van der Waals surface area (Å²) in [6.07, 6.45) is 7.08. The fourth-order valence-corrected chi connectivity index (χ4v) is 6.93. The van der Waals surface area contributed by atoms with Crippen LogP contribution in [-0.2, 0) is 9.59 Å². The third kappa shape index (κ3) is 3.54. The molecule has 1 aliphatic heterocycles. The average molecular weight is 412 g/mol. The Labute approximate surface area is 178 Å². The number of carbonyl (C=O) groups is 2. The average Bonchev–Trinajstić information content (AvgIpc) is 2.76. The van der Waals surface area contributed by atoms with Crippen molar-refractivity contribution < 1.29 is 14.3 Å². The monoisotopic (exact) mass is 411 g/mol. The van der Waals surface area contributed by atoms with Crippen LogP contribution in [0.1, 0.15) is 38.5 Å². The first-order valence-electron chi connectivity index (χ1n) is 11.5. The van der Waals surface area contributed by atoms with E-state index in [0.29, 0.717) is 13.1 Å². The van der Waals surface area contributed by atoms with Crippen LogP contribution in [0.4, 0.5) is 5.69 Å². The second-order valence-electron chi connectivity index (χ2n) is 9.92. The molecule has 2 amide bonds. The van der Waals surface area contributed by atoms with Gasteiger partial charge in [-0.15, -0.1) is 0 Å². The second-order valence-corrected chi connectivity index (χ2v) is 9.92. The molecule has 1 saturated heterocycles. The normalized spacial score (nSPS) is 32.2. The van der Waals surface area contributed by atoms with Crippen LogP contribution in [0.15, 0.2) is 24.3 Å². The zero-order chi connectivity index (χ0) is 20.7. The Morgan fingerprint density at radius 2 is 1.60 bits per heavy atom. The molecule has 1 aromatic carbocycles. The lowest BCUT2D eigenvalue weighted by Crippen LogP contribution is -2.56. The molecule has 0 radical (unpaired) electrons. The van der Waals surface area contributed by atoms with Crippen molar-refractivity contribution in [2.24, 2.45) is 23.2 Å². The summed E-state index contributed by atoms with van der Waals surface area (Å²) in [5.74, 6) is 3.25. The van der Waals surface area contributed by atoms with Crippen LogP contribution < -0.4 is 15.0 Å². The zero-order valence-electron chi connectivity index (χ0n) is 17.9. The summed E-state index contributed by atoms with van der Waals surface area (Å²) >= 11 is 0. The van der Waals surface area contributed by atoms with E-state index in [1.807, 2.05) is 23.1 Å². The number of hydrogen-bond donors (Lipinski definition) is 1. The number of hydrogen-bond acceptors (Lipinski definition) is 4. The maximum absolute atomic E-state index is 13.1. The highest BCUT2D eigenvalue weighted by atomic mass is 16.5. The Balaban J connectivity index is 1.13. The highest BCUT2D eigenvalue weighted by molar-refractivity contribution is 5.88. The summed E-state index contributed by atoms with van der Waals surface area (Å²) in [4.78, 5) is 30.0. The van der Waals surface area contributed by atoms with Gasteiger partial charge in [-0.05, 0) is 68.4 Å². The number of carbonyl (C=O) groups excluding carboxylic acids is 2. The SMILES string of the molecule is COc1ccccc1N1CCN(C(=O)CNC(=O)C23CC4CC(CC(C4)C2)C3)CC1. The third-order valence-corrected chi connectivity index (χ3v) is 7.98. The Bertz CT molecular complexity index is 780. The highest BCUT2D eigenvalue weighted by Crippen LogP contribution is 2.60. The van der Waals surface area contributed by atoms with E-state index in [0.717, 1.165) is 61.5 Å².